The van der Waals surface area contributed by atoms with Crippen molar-refractivity contribution < 1.29 is 13.9 Å². The van der Waals surface area contributed by atoms with E-state index in [2.05, 4.69) is 29.2 Å². The molecular formula is C24H26N2O4. The van der Waals surface area contributed by atoms with Crippen LogP contribution in [0.1, 0.15) is 11.1 Å². The molecule has 0 amide bonds. The maximum Gasteiger partial charge on any atom is 0.200 e. The molecule has 0 N–H and O–H groups in total. The Kier molecular flexibility index (Phi) is 5.43. The number of fused-ring (bicyclic) bond motifs is 2. The third-order valence-electron chi connectivity index (χ3n) is 5.90. The van der Waals surface area contributed by atoms with E-state index in [0.717, 1.165) is 26.1 Å². The zero-order chi connectivity index (χ0) is 20.3. The van der Waals surface area contributed by atoms with E-state index in [9.17, 15) is 4.79 Å². The van der Waals surface area contributed by atoms with Crippen molar-refractivity contribution in [1.82, 2.24) is 4.90 Å². The lowest BCUT2D eigenvalue weighted by Gasteiger charge is -2.28. The lowest BCUT2D eigenvalue weighted by atomic mass is 10.0. The highest BCUT2D eigenvalue weighted by molar-refractivity contribution is 5.83. The fraction of sp³-hybridized carbons (Fsp3) is 0.375. The molecule has 1 fully saturated rings. The summed E-state index contributed by atoms with van der Waals surface area (Å²) in [4.78, 5) is 17.1. The summed E-state index contributed by atoms with van der Waals surface area (Å²) in [7, 11) is 0. The molecule has 0 aliphatic carbocycles. The molecule has 2 aliphatic rings. The molecule has 6 heteroatoms. The molecule has 1 saturated heterocycles. The Morgan fingerprint density at radius 1 is 0.967 bits per heavy atom. The molecule has 1 aromatic heterocycles. The first-order chi connectivity index (χ1) is 14.8. The smallest absolute Gasteiger partial charge is 0.200 e. The molecule has 0 saturated carbocycles. The summed E-state index contributed by atoms with van der Waals surface area (Å²) in [5.41, 5.74) is 3.32. The van der Waals surface area contributed by atoms with E-state index in [0.29, 0.717) is 55.5 Å². The standard InChI is InChI=1S/C24H26N2O4/c27-21-16-23(26-11-13-28-14-12-26)30-24-20(21)6-3-7-22(24)29-15-10-25-9-8-18-4-1-2-5-19(18)17-25/h1-7,16H,8-15,17H2. The molecule has 0 atom stereocenters. The summed E-state index contributed by atoms with van der Waals surface area (Å²) in [5, 5.41) is 0.552. The zero-order valence-electron chi connectivity index (χ0n) is 17.0. The van der Waals surface area contributed by atoms with E-state index in [1.165, 1.54) is 11.1 Å². The number of anilines is 1. The lowest BCUT2D eigenvalue weighted by molar-refractivity contribution is 0.120. The zero-order valence-corrected chi connectivity index (χ0v) is 17.0. The number of ether oxygens (including phenoxy) is 2. The van der Waals surface area contributed by atoms with Gasteiger partial charge in [0, 0.05) is 38.8 Å². The first-order valence-corrected chi connectivity index (χ1v) is 10.6. The van der Waals surface area contributed by atoms with Crippen LogP contribution in [0.25, 0.3) is 11.0 Å². The Bertz CT molecular complexity index is 1090. The fourth-order valence-corrected chi connectivity index (χ4v) is 4.22. The van der Waals surface area contributed by atoms with E-state index in [1.807, 2.05) is 17.0 Å². The molecule has 6 nitrogen and oxygen atoms in total. The van der Waals surface area contributed by atoms with Crippen LogP contribution >= 0.6 is 0 Å². The minimum atomic E-state index is -0.0455. The van der Waals surface area contributed by atoms with Crippen molar-refractivity contribution in [2.45, 2.75) is 13.0 Å². The van der Waals surface area contributed by atoms with Gasteiger partial charge < -0.3 is 18.8 Å². The van der Waals surface area contributed by atoms with Crippen molar-refractivity contribution in [2.75, 3.05) is 50.9 Å². The molecular weight excluding hydrogens is 380 g/mol. The molecule has 30 heavy (non-hydrogen) atoms. The summed E-state index contributed by atoms with van der Waals surface area (Å²) in [5.74, 6) is 1.21. The fourth-order valence-electron chi connectivity index (χ4n) is 4.22. The molecule has 2 aliphatic heterocycles. The quantitative estimate of drug-likeness (QED) is 0.649. The number of hydrogen-bond acceptors (Lipinski definition) is 6. The third kappa shape index (κ3) is 3.93. The number of hydrogen-bond donors (Lipinski definition) is 0. The van der Waals surface area contributed by atoms with Gasteiger partial charge in [0.15, 0.2) is 22.6 Å². The number of benzene rings is 2. The minimum Gasteiger partial charge on any atom is -0.488 e. The highest BCUT2D eigenvalue weighted by Crippen LogP contribution is 2.28. The van der Waals surface area contributed by atoms with Gasteiger partial charge in [0.25, 0.3) is 0 Å². The molecule has 3 heterocycles. The van der Waals surface area contributed by atoms with Crippen LogP contribution in [0.15, 0.2) is 57.7 Å². The van der Waals surface area contributed by atoms with E-state index >= 15 is 0 Å². The summed E-state index contributed by atoms with van der Waals surface area (Å²) < 4.78 is 17.6. The topological polar surface area (TPSA) is 55.2 Å². The lowest BCUT2D eigenvalue weighted by Crippen LogP contribution is -2.36. The van der Waals surface area contributed by atoms with Gasteiger partial charge in [-0.3, -0.25) is 9.69 Å². The summed E-state index contributed by atoms with van der Waals surface area (Å²) in [6, 6.07) is 15.7. The van der Waals surface area contributed by atoms with Crippen molar-refractivity contribution in [3.8, 4) is 5.75 Å². The third-order valence-corrected chi connectivity index (χ3v) is 5.90. The van der Waals surface area contributed by atoms with Crippen molar-refractivity contribution in [1.29, 1.82) is 0 Å². The van der Waals surface area contributed by atoms with E-state index in [1.54, 1.807) is 12.1 Å². The maximum absolute atomic E-state index is 12.7. The predicted octanol–water partition coefficient (Wildman–Crippen LogP) is 3.07. The summed E-state index contributed by atoms with van der Waals surface area (Å²) in [6.45, 7) is 6.07. The van der Waals surface area contributed by atoms with E-state index in [4.69, 9.17) is 13.9 Å². The van der Waals surface area contributed by atoms with Gasteiger partial charge >= 0.3 is 0 Å². The Morgan fingerprint density at radius 3 is 2.67 bits per heavy atom. The molecule has 0 radical (unpaired) electrons. The van der Waals surface area contributed by atoms with Gasteiger partial charge in [-0.1, -0.05) is 30.3 Å². The van der Waals surface area contributed by atoms with Crippen LogP contribution in [0, 0.1) is 0 Å². The largest absolute Gasteiger partial charge is 0.488 e. The van der Waals surface area contributed by atoms with Crippen LogP contribution in [0.4, 0.5) is 5.88 Å². The number of rotatable bonds is 5. The molecule has 3 aromatic rings. The second-order valence-electron chi connectivity index (χ2n) is 7.82. The minimum absolute atomic E-state index is 0.0455. The SMILES string of the molecule is O=c1cc(N2CCOCC2)oc2c(OCCN3CCc4ccccc4C3)cccc12. The van der Waals surface area contributed by atoms with Gasteiger partial charge in [-0.05, 0) is 29.7 Å². The van der Waals surface area contributed by atoms with Crippen LogP contribution in [0.5, 0.6) is 5.75 Å². The van der Waals surface area contributed by atoms with E-state index in [-0.39, 0.29) is 5.43 Å². The van der Waals surface area contributed by atoms with Gasteiger partial charge in [-0.2, -0.15) is 0 Å². The molecule has 156 valence electrons. The molecule has 2 aromatic carbocycles. The Morgan fingerprint density at radius 2 is 1.80 bits per heavy atom. The Labute approximate surface area is 175 Å². The van der Waals surface area contributed by atoms with Crippen LogP contribution in [0.3, 0.4) is 0 Å². The van der Waals surface area contributed by atoms with Gasteiger partial charge in [0.2, 0.25) is 0 Å². The first-order valence-electron chi connectivity index (χ1n) is 10.6. The van der Waals surface area contributed by atoms with Crippen molar-refractivity contribution in [3.05, 3.63) is 69.9 Å². The average molecular weight is 406 g/mol. The highest BCUT2D eigenvalue weighted by atomic mass is 16.5. The number of para-hydroxylation sites is 1. The van der Waals surface area contributed by atoms with Gasteiger partial charge in [0.05, 0.1) is 18.6 Å². The first kappa shape index (κ1) is 19.2. The van der Waals surface area contributed by atoms with Crippen LogP contribution in [-0.2, 0) is 17.7 Å². The Balaban J connectivity index is 1.31. The molecule has 0 bridgehead atoms. The normalized spacial score (nSPS) is 17.1. The van der Waals surface area contributed by atoms with Crippen LogP contribution in [-0.4, -0.2) is 50.9 Å². The maximum atomic E-state index is 12.7. The van der Waals surface area contributed by atoms with Crippen molar-refractivity contribution in [2.24, 2.45) is 0 Å². The predicted molar refractivity (Wildman–Crippen MR) is 116 cm³/mol. The Hall–Kier alpha value is -2.83. The summed E-state index contributed by atoms with van der Waals surface area (Å²) in [6.07, 6.45) is 1.07. The second kappa shape index (κ2) is 8.50. The molecule has 0 unspecified atom stereocenters. The molecule has 5 rings (SSSR count). The second-order valence-corrected chi connectivity index (χ2v) is 7.82. The van der Waals surface area contributed by atoms with Gasteiger partial charge in [-0.15, -0.1) is 0 Å². The number of morpholine rings is 1. The van der Waals surface area contributed by atoms with E-state index < -0.39 is 0 Å². The van der Waals surface area contributed by atoms with Gasteiger partial charge in [-0.25, -0.2) is 0 Å². The molecule has 0 spiro atoms. The van der Waals surface area contributed by atoms with Crippen LogP contribution < -0.4 is 15.1 Å². The highest BCUT2D eigenvalue weighted by Gasteiger charge is 2.18. The van der Waals surface area contributed by atoms with Crippen molar-refractivity contribution in [3.63, 3.8) is 0 Å². The van der Waals surface area contributed by atoms with Gasteiger partial charge in [0.1, 0.15) is 6.61 Å². The summed E-state index contributed by atoms with van der Waals surface area (Å²) >= 11 is 0. The average Bonchev–Trinajstić information content (AvgIpc) is 2.80. The number of nitrogens with zero attached hydrogens (tertiary/aromatic N) is 2. The van der Waals surface area contributed by atoms with Crippen LogP contribution in [0.2, 0.25) is 0 Å². The monoisotopic (exact) mass is 406 g/mol. The van der Waals surface area contributed by atoms with Crippen molar-refractivity contribution >= 4 is 16.9 Å².